The van der Waals surface area contributed by atoms with Crippen molar-refractivity contribution in [2.24, 2.45) is 5.92 Å². The Balaban J connectivity index is 1.52. The molecule has 142 valence electrons. The molecule has 1 aromatic heterocycles. The van der Waals surface area contributed by atoms with Crippen LogP contribution in [0.4, 0.5) is 5.69 Å². The number of aryl methyl sites for hydroxylation is 1. The molecule has 1 aliphatic rings. The van der Waals surface area contributed by atoms with Crippen LogP contribution in [0.25, 0.3) is 10.9 Å². The molecule has 0 radical (unpaired) electrons. The van der Waals surface area contributed by atoms with Crippen LogP contribution in [-0.2, 0) is 16.0 Å². The minimum Gasteiger partial charge on any atom is -0.312 e. The number of hydrogen-bond acceptors (Lipinski definition) is 4. The molecule has 4 rings (SSSR count). The third-order valence-electron chi connectivity index (χ3n) is 5.02. The predicted octanol–water partition coefficient (Wildman–Crippen LogP) is 2.08. The number of amides is 2. The molecule has 1 atom stereocenters. The standard InChI is InChI=1S/C21H20N4O3/c1-2-14-6-5-7-16(10-14)24-12-15(11-19(24)26)20(27)23-25-13-22-18-9-4-3-8-17(18)21(25)28/h3-10,13,15H,2,11-12H2,1H3,(H,23,27)/t15-/m1/s1. The van der Waals surface area contributed by atoms with Crippen molar-refractivity contribution in [3.8, 4) is 0 Å². The highest BCUT2D eigenvalue weighted by Gasteiger charge is 2.35. The Bertz CT molecular complexity index is 1120. The van der Waals surface area contributed by atoms with Crippen molar-refractivity contribution in [2.45, 2.75) is 19.8 Å². The van der Waals surface area contributed by atoms with Crippen LogP contribution in [0.2, 0.25) is 0 Å². The smallest absolute Gasteiger partial charge is 0.280 e. The monoisotopic (exact) mass is 376 g/mol. The molecule has 0 bridgehead atoms. The summed E-state index contributed by atoms with van der Waals surface area (Å²) in [5, 5.41) is 0.422. The topological polar surface area (TPSA) is 84.3 Å². The molecule has 2 heterocycles. The third-order valence-corrected chi connectivity index (χ3v) is 5.02. The quantitative estimate of drug-likeness (QED) is 0.756. The van der Waals surface area contributed by atoms with E-state index < -0.39 is 5.92 Å². The van der Waals surface area contributed by atoms with Crippen LogP contribution in [0.15, 0.2) is 59.7 Å². The van der Waals surface area contributed by atoms with Gasteiger partial charge in [-0.2, -0.15) is 0 Å². The molecular formula is C21H20N4O3. The summed E-state index contributed by atoms with van der Waals surface area (Å²) in [5.74, 6) is -1.00. The molecule has 2 aromatic carbocycles. The van der Waals surface area contributed by atoms with Gasteiger partial charge in [0.25, 0.3) is 5.56 Å². The van der Waals surface area contributed by atoms with E-state index in [1.165, 1.54) is 6.33 Å². The Kier molecular flexibility index (Phi) is 4.65. The largest absolute Gasteiger partial charge is 0.312 e. The molecule has 28 heavy (non-hydrogen) atoms. The molecule has 0 aliphatic carbocycles. The van der Waals surface area contributed by atoms with Crippen molar-refractivity contribution >= 4 is 28.4 Å². The summed E-state index contributed by atoms with van der Waals surface area (Å²) in [6.45, 7) is 2.34. The molecule has 7 nitrogen and oxygen atoms in total. The SMILES string of the molecule is CCc1cccc(N2C[C@H](C(=O)Nn3cnc4ccccc4c3=O)CC2=O)c1. The number of hydrogen-bond donors (Lipinski definition) is 1. The van der Waals surface area contributed by atoms with Crippen molar-refractivity contribution < 1.29 is 9.59 Å². The maximum Gasteiger partial charge on any atom is 0.280 e. The van der Waals surface area contributed by atoms with E-state index in [1.54, 1.807) is 29.2 Å². The maximum absolute atomic E-state index is 12.7. The first-order valence-electron chi connectivity index (χ1n) is 9.23. The fourth-order valence-electron chi connectivity index (χ4n) is 3.44. The highest BCUT2D eigenvalue weighted by atomic mass is 16.2. The van der Waals surface area contributed by atoms with Crippen molar-refractivity contribution in [1.29, 1.82) is 0 Å². The van der Waals surface area contributed by atoms with Crippen LogP contribution in [0.1, 0.15) is 18.9 Å². The summed E-state index contributed by atoms with van der Waals surface area (Å²) in [5.41, 5.74) is 4.72. The van der Waals surface area contributed by atoms with Gasteiger partial charge in [0.2, 0.25) is 11.8 Å². The first-order chi connectivity index (χ1) is 13.6. The second kappa shape index (κ2) is 7.26. The van der Waals surface area contributed by atoms with E-state index in [9.17, 15) is 14.4 Å². The van der Waals surface area contributed by atoms with Gasteiger partial charge >= 0.3 is 0 Å². The summed E-state index contributed by atoms with van der Waals surface area (Å²) in [7, 11) is 0. The Morgan fingerprint density at radius 3 is 2.82 bits per heavy atom. The molecule has 1 fully saturated rings. The predicted molar refractivity (Wildman–Crippen MR) is 107 cm³/mol. The Morgan fingerprint density at radius 1 is 1.18 bits per heavy atom. The molecule has 0 saturated carbocycles. The minimum absolute atomic E-state index is 0.0996. The van der Waals surface area contributed by atoms with Gasteiger partial charge in [0.1, 0.15) is 6.33 Å². The molecule has 0 spiro atoms. The highest BCUT2D eigenvalue weighted by Crippen LogP contribution is 2.26. The number of carbonyl (C=O) groups excluding carboxylic acids is 2. The normalized spacial score (nSPS) is 16.5. The van der Waals surface area contributed by atoms with E-state index in [4.69, 9.17) is 0 Å². The highest BCUT2D eigenvalue weighted by molar-refractivity contribution is 6.01. The first-order valence-corrected chi connectivity index (χ1v) is 9.23. The number of anilines is 1. The zero-order valence-electron chi connectivity index (χ0n) is 15.5. The van der Waals surface area contributed by atoms with E-state index in [0.717, 1.165) is 22.3 Å². The number of para-hydroxylation sites is 1. The molecular weight excluding hydrogens is 356 g/mol. The molecule has 1 N–H and O–H groups in total. The molecule has 0 unspecified atom stereocenters. The molecule has 1 saturated heterocycles. The van der Waals surface area contributed by atoms with Crippen molar-refractivity contribution in [1.82, 2.24) is 9.66 Å². The number of nitrogens with one attached hydrogen (secondary N) is 1. The van der Waals surface area contributed by atoms with Crippen molar-refractivity contribution in [2.75, 3.05) is 16.9 Å². The van der Waals surface area contributed by atoms with E-state index in [1.807, 2.05) is 24.3 Å². The number of benzene rings is 2. The van der Waals surface area contributed by atoms with Gasteiger partial charge in [-0.3, -0.25) is 19.8 Å². The Morgan fingerprint density at radius 2 is 2.00 bits per heavy atom. The lowest BCUT2D eigenvalue weighted by Gasteiger charge is -2.17. The Labute approximate surface area is 161 Å². The minimum atomic E-state index is -0.531. The number of aromatic nitrogens is 2. The summed E-state index contributed by atoms with van der Waals surface area (Å²) >= 11 is 0. The molecule has 3 aromatic rings. The number of carbonyl (C=O) groups is 2. The average Bonchev–Trinajstić information content (AvgIpc) is 3.12. The zero-order chi connectivity index (χ0) is 19.7. The van der Waals surface area contributed by atoms with Crippen molar-refractivity contribution in [3.05, 3.63) is 70.8 Å². The number of nitrogens with zero attached hydrogens (tertiary/aromatic N) is 3. The lowest BCUT2D eigenvalue weighted by Crippen LogP contribution is -2.37. The van der Waals surface area contributed by atoms with E-state index in [0.29, 0.717) is 10.9 Å². The van der Waals surface area contributed by atoms with E-state index >= 15 is 0 Å². The number of rotatable bonds is 4. The van der Waals surface area contributed by atoms with Gasteiger partial charge in [0.15, 0.2) is 0 Å². The summed E-state index contributed by atoms with van der Waals surface area (Å²) in [4.78, 5) is 43.5. The van der Waals surface area contributed by atoms with Gasteiger partial charge in [0.05, 0.1) is 16.8 Å². The molecule has 1 aliphatic heterocycles. The Hall–Kier alpha value is -3.48. The van der Waals surface area contributed by atoms with Gasteiger partial charge in [-0.15, -0.1) is 0 Å². The van der Waals surface area contributed by atoms with Gasteiger partial charge in [-0.1, -0.05) is 31.2 Å². The lowest BCUT2D eigenvalue weighted by molar-refractivity contribution is -0.123. The van der Waals surface area contributed by atoms with E-state index in [-0.39, 0.29) is 30.3 Å². The van der Waals surface area contributed by atoms with Crippen LogP contribution < -0.4 is 15.9 Å². The zero-order valence-corrected chi connectivity index (χ0v) is 15.5. The van der Waals surface area contributed by atoms with Crippen LogP contribution in [0.3, 0.4) is 0 Å². The van der Waals surface area contributed by atoms with Crippen LogP contribution in [0, 0.1) is 5.92 Å². The van der Waals surface area contributed by atoms with Crippen LogP contribution >= 0.6 is 0 Å². The van der Waals surface area contributed by atoms with Crippen LogP contribution in [-0.4, -0.2) is 28.0 Å². The lowest BCUT2D eigenvalue weighted by atomic mass is 10.1. The van der Waals surface area contributed by atoms with Gasteiger partial charge in [-0.25, -0.2) is 9.66 Å². The second-order valence-electron chi connectivity index (χ2n) is 6.84. The molecule has 7 heteroatoms. The fourth-order valence-corrected chi connectivity index (χ4v) is 3.44. The van der Waals surface area contributed by atoms with Gasteiger partial charge < -0.3 is 4.90 Å². The third kappa shape index (κ3) is 3.26. The van der Waals surface area contributed by atoms with Gasteiger partial charge in [-0.05, 0) is 36.2 Å². The van der Waals surface area contributed by atoms with E-state index in [2.05, 4.69) is 17.3 Å². The second-order valence-corrected chi connectivity index (χ2v) is 6.84. The van der Waals surface area contributed by atoms with Crippen LogP contribution in [0.5, 0.6) is 0 Å². The molecule has 2 amide bonds. The van der Waals surface area contributed by atoms with Gasteiger partial charge in [0, 0.05) is 18.7 Å². The first kappa shape index (κ1) is 17.9. The number of fused-ring (bicyclic) bond motifs is 1. The summed E-state index contributed by atoms with van der Waals surface area (Å²) in [6, 6.07) is 14.7. The summed E-state index contributed by atoms with van der Waals surface area (Å²) < 4.78 is 1.08. The summed E-state index contributed by atoms with van der Waals surface area (Å²) in [6.07, 6.45) is 2.28. The fraction of sp³-hybridized carbons (Fsp3) is 0.238. The average molecular weight is 376 g/mol. The van der Waals surface area contributed by atoms with Crippen molar-refractivity contribution in [3.63, 3.8) is 0 Å². The maximum atomic E-state index is 12.7.